The van der Waals surface area contributed by atoms with Crippen molar-refractivity contribution in [1.29, 1.82) is 0 Å². The molecule has 2 amide bonds. The Morgan fingerprint density at radius 3 is 2.59 bits per heavy atom. The number of benzene rings is 1. The van der Waals surface area contributed by atoms with Gasteiger partial charge in [0, 0.05) is 48.4 Å². The highest BCUT2D eigenvalue weighted by Gasteiger charge is 2.36. The van der Waals surface area contributed by atoms with Crippen LogP contribution in [0.3, 0.4) is 0 Å². The van der Waals surface area contributed by atoms with E-state index < -0.39 is 5.60 Å². The number of amides is 2. The smallest absolute Gasteiger partial charge is 0.410 e. The molecule has 216 valence electrons. The number of rotatable bonds is 7. The Balaban J connectivity index is 1.52. The molecule has 0 saturated carbocycles. The standard InChI is InChI=1S/C31H37N5O3S2/c1-18(2)33-15-11-25(37)35-29-26(22-12-16-36(19(3)27(22)41-29)30(38)39-31(4,5)6)28-34-23-17-21(7-8-24(23)40-28)20-9-13-32-14-10-20/h7-10,13-14,17-19,33H,11-12,15-16H2,1-6H3,(H,35,37)/t19-/m1/s1. The summed E-state index contributed by atoms with van der Waals surface area (Å²) in [5.41, 5.74) is 4.62. The van der Waals surface area contributed by atoms with Gasteiger partial charge in [0.15, 0.2) is 0 Å². The van der Waals surface area contributed by atoms with E-state index in [0.717, 1.165) is 47.4 Å². The Kier molecular flexibility index (Phi) is 8.45. The number of carbonyl (C=O) groups excluding carboxylic acids is 2. The van der Waals surface area contributed by atoms with Gasteiger partial charge in [-0.2, -0.15) is 0 Å². The molecule has 2 N–H and O–H groups in total. The predicted octanol–water partition coefficient (Wildman–Crippen LogP) is 7.27. The molecular weight excluding hydrogens is 555 g/mol. The average Bonchev–Trinajstić information content (AvgIpc) is 3.48. The van der Waals surface area contributed by atoms with Crippen molar-refractivity contribution in [2.45, 2.75) is 72.1 Å². The van der Waals surface area contributed by atoms with Gasteiger partial charge in [0.2, 0.25) is 5.91 Å². The highest BCUT2D eigenvalue weighted by Crippen LogP contribution is 2.49. The van der Waals surface area contributed by atoms with Crippen molar-refractivity contribution in [3.8, 4) is 21.7 Å². The maximum Gasteiger partial charge on any atom is 0.410 e. The van der Waals surface area contributed by atoms with E-state index in [4.69, 9.17) is 9.72 Å². The fraction of sp³-hybridized carbons (Fsp3) is 0.419. The lowest BCUT2D eigenvalue weighted by Gasteiger charge is -2.35. The Labute approximate surface area is 249 Å². The summed E-state index contributed by atoms with van der Waals surface area (Å²) in [5.74, 6) is -0.0456. The van der Waals surface area contributed by atoms with Crippen molar-refractivity contribution in [2.75, 3.05) is 18.4 Å². The molecule has 1 aromatic carbocycles. The van der Waals surface area contributed by atoms with E-state index >= 15 is 0 Å². The molecule has 0 unspecified atom stereocenters. The zero-order valence-electron chi connectivity index (χ0n) is 24.4. The van der Waals surface area contributed by atoms with E-state index in [-0.39, 0.29) is 18.0 Å². The summed E-state index contributed by atoms with van der Waals surface area (Å²) in [4.78, 5) is 38.1. The largest absolute Gasteiger partial charge is 0.444 e. The van der Waals surface area contributed by atoms with Crippen molar-refractivity contribution in [2.24, 2.45) is 0 Å². The number of fused-ring (bicyclic) bond motifs is 2. The molecule has 8 nitrogen and oxygen atoms in total. The number of aromatic nitrogens is 2. The van der Waals surface area contributed by atoms with Gasteiger partial charge in [-0.3, -0.25) is 9.78 Å². The second-order valence-electron chi connectivity index (χ2n) is 11.6. The van der Waals surface area contributed by atoms with Gasteiger partial charge in [-0.25, -0.2) is 9.78 Å². The van der Waals surface area contributed by atoms with Crippen LogP contribution in [0.25, 0.3) is 31.9 Å². The summed E-state index contributed by atoms with van der Waals surface area (Å²) in [6, 6.07) is 10.4. The zero-order chi connectivity index (χ0) is 29.3. The molecule has 1 aliphatic heterocycles. The molecule has 0 spiro atoms. The third kappa shape index (κ3) is 6.60. The topological polar surface area (TPSA) is 96.5 Å². The molecule has 4 heterocycles. The minimum atomic E-state index is -0.572. The number of thiazole rings is 1. The van der Waals surface area contributed by atoms with Crippen molar-refractivity contribution in [1.82, 2.24) is 20.2 Å². The van der Waals surface area contributed by atoms with E-state index in [0.29, 0.717) is 32.0 Å². The summed E-state index contributed by atoms with van der Waals surface area (Å²) < 4.78 is 6.78. The molecule has 1 aliphatic rings. The third-order valence-electron chi connectivity index (χ3n) is 6.89. The van der Waals surface area contributed by atoms with Gasteiger partial charge >= 0.3 is 6.09 Å². The van der Waals surface area contributed by atoms with Crippen LogP contribution < -0.4 is 10.6 Å². The van der Waals surface area contributed by atoms with Crippen LogP contribution in [0, 0.1) is 0 Å². The summed E-state index contributed by atoms with van der Waals surface area (Å²) in [5, 5.41) is 8.16. The molecule has 5 rings (SSSR count). The van der Waals surface area contributed by atoms with Crippen molar-refractivity contribution < 1.29 is 14.3 Å². The quantitative estimate of drug-likeness (QED) is 0.235. The van der Waals surface area contributed by atoms with E-state index in [2.05, 4.69) is 47.7 Å². The summed E-state index contributed by atoms with van der Waals surface area (Å²) in [6.07, 6.45) is 4.29. The number of hydrogen-bond acceptors (Lipinski definition) is 8. The number of nitrogens with one attached hydrogen (secondary N) is 2. The van der Waals surface area contributed by atoms with E-state index in [1.54, 1.807) is 28.6 Å². The second kappa shape index (κ2) is 11.9. The molecule has 3 aromatic heterocycles. The van der Waals surface area contributed by atoms with Gasteiger partial charge in [-0.1, -0.05) is 19.9 Å². The molecule has 0 aliphatic carbocycles. The van der Waals surface area contributed by atoms with Gasteiger partial charge in [-0.15, -0.1) is 22.7 Å². The first-order chi connectivity index (χ1) is 19.5. The van der Waals surface area contributed by atoms with E-state index in [9.17, 15) is 9.59 Å². The number of pyridine rings is 1. The molecule has 4 aromatic rings. The van der Waals surface area contributed by atoms with Crippen LogP contribution in [0.15, 0.2) is 42.7 Å². The van der Waals surface area contributed by atoms with Crippen LogP contribution in [0.2, 0.25) is 0 Å². The van der Waals surface area contributed by atoms with Crippen LogP contribution in [0.1, 0.15) is 64.4 Å². The monoisotopic (exact) mass is 591 g/mol. The Morgan fingerprint density at radius 2 is 1.88 bits per heavy atom. The van der Waals surface area contributed by atoms with Crippen LogP contribution in [0.5, 0.6) is 0 Å². The van der Waals surface area contributed by atoms with E-state index in [1.165, 1.54) is 11.3 Å². The minimum absolute atomic E-state index is 0.0456. The number of nitrogens with zero attached hydrogens (tertiary/aromatic N) is 3. The molecule has 0 radical (unpaired) electrons. The van der Waals surface area contributed by atoms with Gasteiger partial charge in [-0.05, 0) is 75.1 Å². The van der Waals surface area contributed by atoms with Crippen LogP contribution in [0.4, 0.5) is 9.80 Å². The second-order valence-corrected chi connectivity index (χ2v) is 13.7. The number of anilines is 1. The van der Waals surface area contributed by atoms with Crippen molar-refractivity contribution in [3.05, 3.63) is 53.2 Å². The molecule has 0 saturated heterocycles. The van der Waals surface area contributed by atoms with Gasteiger partial charge in [0.1, 0.15) is 15.6 Å². The highest BCUT2D eigenvalue weighted by molar-refractivity contribution is 7.23. The summed E-state index contributed by atoms with van der Waals surface area (Å²) in [6.45, 7) is 12.9. The Bertz CT molecular complexity index is 1560. The Hall–Kier alpha value is -3.34. The lowest BCUT2D eigenvalue weighted by Crippen LogP contribution is -2.41. The van der Waals surface area contributed by atoms with Gasteiger partial charge in [0.25, 0.3) is 0 Å². The lowest BCUT2D eigenvalue weighted by molar-refractivity contribution is -0.116. The fourth-order valence-electron chi connectivity index (χ4n) is 4.94. The SMILES string of the molecule is CC(C)NCCC(=O)Nc1sc2c(c1-c1nc3cc(-c4ccncc4)ccc3s1)CCN(C(=O)OC(C)(C)C)[C@@H]2C. The maximum atomic E-state index is 13.0. The molecule has 41 heavy (non-hydrogen) atoms. The van der Waals surface area contributed by atoms with Crippen LogP contribution >= 0.6 is 22.7 Å². The number of carbonyl (C=O) groups is 2. The zero-order valence-corrected chi connectivity index (χ0v) is 26.0. The van der Waals surface area contributed by atoms with Crippen LogP contribution in [-0.2, 0) is 16.0 Å². The fourth-order valence-corrected chi connectivity index (χ4v) is 7.36. The maximum absolute atomic E-state index is 13.0. The summed E-state index contributed by atoms with van der Waals surface area (Å²) in [7, 11) is 0. The van der Waals surface area contributed by atoms with Gasteiger partial charge < -0.3 is 20.3 Å². The first-order valence-corrected chi connectivity index (χ1v) is 15.6. The molecular formula is C31H37N5O3S2. The number of ether oxygens (including phenoxy) is 1. The lowest BCUT2D eigenvalue weighted by atomic mass is 9.98. The third-order valence-corrected chi connectivity index (χ3v) is 9.26. The Morgan fingerprint density at radius 1 is 1.12 bits per heavy atom. The molecule has 0 bridgehead atoms. The minimum Gasteiger partial charge on any atom is -0.444 e. The first-order valence-electron chi connectivity index (χ1n) is 14.0. The number of hydrogen-bond donors (Lipinski definition) is 2. The molecule has 10 heteroatoms. The van der Waals surface area contributed by atoms with Crippen LogP contribution in [-0.4, -0.2) is 51.6 Å². The van der Waals surface area contributed by atoms with E-state index in [1.807, 2.05) is 39.8 Å². The first kappa shape index (κ1) is 29.2. The average molecular weight is 592 g/mol. The van der Waals surface area contributed by atoms with Crippen molar-refractivity contribution in [3.63, 3.8) is 0 Å². The normalized spacial score (nSPS) is 15.3. The highest BCUT2D eigenvalue weighted by atomic mass is 32.1. The van der Waals surface area contributed by atoms with Gasteiger partial charge in [0.05, 0.1) is 16.3 Å². The molecule has 1 atom stereocenters. The van der Waals surface area contributed by atoms with Crippen molar-refractivity contribution >= 4 is 49.9 Å². The number of thiophene rings is 1. The summed E-state index contributed by atoms with van der Waals surface area (Å²) >= 11 is 3.17. The predicted molar refractivity (Wildman–Crippen MR) is 168 cm³/mol. The molecule has 0 fully saturated rings.